The number of piperazine rings is 1. The summed E-state index contributed by atoms with van der Waals surface area (Å²) >= 11 is 0. The standard InChI is InChI=1S/C18H27N3O2/c1-15-3-2-4-16(13-15)20-7-9-21(10-8-20)17(22)18(14-19)5-11-23-12-6-18/h2-4,13H,5-12,14,19H2,1H3. The van der Waals surface area contributed by atoms with E-state index in [0.29, 0.717) is 19.8 Å². The molecule has 0 aromatic heterocycles. The first-order valence-electron chi connectivity index (χ1n) is 8.53. The first kappa shape index (κ1) is 16.3. The van der Waals surface area contributed by atoms with E-state index in [-0.39, 0.29) is 5.91 Å². The van der Waals surface area contributed by atoms with E-state index in [1.165, 1.54) is 11.3 Å². The Morgan fingerprint density at radius 1 is 1.22 bits per heavy atom. The average Bonchev–Trinajstić information content (AvgIpc) is 2.62. The minimum atomic E-state index is -0.399. The second-order valence-electron chi connectivity index (χ2n) is 6.72. The largest absolute Gasteiger partial charge is 0.381 e. The van der Waals surface area contributed by atoms with Crippen LogP contribution < -0.4 is 10.6 Å². The second kappa shape index (κ2) is 6.89. The monoisotopic (exact) mass is 317 g/mol. The van der Waals surface area contributed by atoms with E-state index in [0.717, 1.165) is 39.0 Å². The van der Waals surface area contributed by atoms with E-state index in [2.05, 4.69) is 36.1 Å². The molecular weight excluding hydrogens is 290 g/mol. The van der Waals surface area contributed by atoms with E-state index in [1.54, 1.807) is 0 Å². The van der Waals surface area contributed by atoms with Crippen LogP contribution in [0.25, 0.3) is 0 Å². The predicted octanol–water partition coefficient (Wildman–Crippen LogP) is 1.40. The van der Waals surface area contributed by atoms with Crippen LogP contribution in [-0.2, 0) is 9.53 Å². The van der Waals surface area contributed by atoms with Crippen LogP contribution >= 0.6 is 0 Å². The Kier molecular flexibility index (Phi) is 4.87. The van der Waals surface area contributed by atoms with Crippen molar-refractivity contribution in [1.82, 2.24) is 4.90 Å². The molecule has 2 aliphatic rings. The third-order valence-corrected chi connectivity index (χ3v) is 5.23. The number of hydrogen-bond acceptors (Lipinski definition) is 4. The lowest BCUT2D eigenvalue weighted by Crippen LogP contribution is -2.56. The number of benzene rings is 1. The van der Waals surface area contributed by atoms with Crippen LogP contribution in [0, 0.1) is 12.3 Å². The summed E-state index contributed by atoms with van der Waals surface area (Å²) in [6.45, 7) is 7.13. The molecule has 1 amide bonds. The second-order valence-corrected chi connectivity index (χ2v) is 6.72. The van der Waals surface area contributed by atoms with Crippen molar-refractivity contribution in [2.24, 2.45) is 11.1 Å². The van der Waals surface area contributed by atoms with Gasteiger partial charge in [-0.1, -0.05) is 12.1 Å². The first-order chi connectivity index (χ1) is 11.1. The Bertz CT molecular complexity index is 547. The first-order valence-corrected chi connectivity index (χ1v) is 8.53. The summed E-state index contributed by atoms with van der Waals surface area (Å²) in [5, 5.41) is 0. The fourth-order valence-electron chi connectivity index (χ4n) is 3.60. The number of amides is 1. The quantitative estimate of drug-likeness (QED) is 0.915. The molecule has 2 fully saturated rings. The van der Waals surface area contributed by atoms with Gasteiger partial charge in [0.05, 0.1) is 5.41 Å². The van der Waals surface area contributed by atoms with Crippen LogP contribution in [0.15, 0.2) is 24.3 Å². The summed E-state index contributed by atoms with van der Waals surface area (Å²) in [6, 6.07) is 8.55. The molecule has 2 heterocycles. The maximum Gasteiger partial charge on any atom is 0.230 e. The molecule has 3 rings (SSSR count). The molecule has 0 spiro atoms. The van der Waals surface area contributed by atoms with Crippen LogP contribution in [-0.4, -0.2) is 56.7 Å². The summed E-state index contributed by atoms with van der Waals surface area (Å²) < 4.78 is 5.42. The third kappa shape index (κ3) is 3.35. The van der Waals surface area contributed by atoms with Crippen molar-refractivity contribution in [2.45, 2.75) is 19.8 Å². The van der Waals surface area contributed by atoms with Gasteiger partial charge in [-0.25, -0.2) is 0 Å². The Hall–Kier alpha value is -1.59. The van der Waals surface area contributed by atoms with Crippen molar-refractivity contribution in [3.63, 3.8) is 0 Å². The number of anilines is 1. The lowest BCUT2D eigenvalue weighted by molar-refractivity contribution is -0.147. The van der Waals surface area contributed by atoms with Crippen molar-refractivity contribution >= 4 is 11.6 Å². The third-order valence-electron chi connectivity index (χ3n) is 5.23. The van der Waals surface area contributed by atoms with Crippen molar-refractivity contribution in [1.29, 1.82) is 0 Å². The highest BCUT2D eigenvalue weighted by Gasteiger charge is 2.42. The number of ether oxygens (including phenoxy) is 1. The predicted molar refractivity (Wildman–Crippen MR) is 91.5 cm³/mol. The maximum atomic E-state index is 13.0. The summed E-state index contributed by atoms with van der Waals surface area (Å²) in [5.74, 6) is 0.229. The van der Waals surface area contributed by atoms with E-state index >= 15 is 0 Å². The molecule has 0 radical (unpaired) electrons. The number of hydrogen-bond donors (Lipinski definition) is 1. The molecule has 5 nitrogen and oxygen atoms in total. The van der Waals surface area contributed by atoms with E-state index in [4.69, 9.17) is 10.5 Å². The highest BCUT2D eigenvalue weighted by Crippen LogP contribution is 2.32. The van der Waals surface area contributed by atoms with Gasteiger partial charge in [0.15, 0.2) is 0 Å². The molecular formula is C18H27N3O2. The van der Waals surface area contributed by atoms with Crippen molar-refractivity contribution in [3.8, 4) is 0 Å². The molecule has 23 heavy (non-hydrogen) atoms. The van der Waals surface area contributed by atoms with Gasteiger partial charge in [-0.05, 0) is 37.5 Å². The molecule has 5 heteroatoms. The molecule has 2 N–H and O–H groups in total. The van der Waals surface area contributed by atoms with Gasteiger partial charge < -0.3 is 20.3 Å². The van der Waals surface area contributed by atoms with Gasteiger partial charge >= 0.3 is 0 Å². The van der Waals surface area contributed by atoms with Crippen molar-refractivity contribution < 1.29 is 9.53 Å². The Labute approximate surface area is 138 Å². The molecule has 0 bridgehead atoms. The van der Waals surface area contributed by atoms with E-state index < -0.39 is 5.41 Å². The highest BCUT2D eigenvalue weighted by molar-refractivity contribution is 5.83. The van der Waals surface area contributed by atoms with Gasteiger partial charge in [0.25, 0.3) is 0 Å². The van der Waals surface area contributed by atoms with Gasteiger partial charge in [0.1, 0.15) is 0 Å². The van der Waals surface area contributed by atoms with Crippen molar-refractivity contribution in [2.75, 3.05) is 50.8 Å². The summed E-state index contributed by atoms with van der Waals surface area (Å²) in [7, 11) is 0. The zero-order valence-electron chi connectivity index (χ0n) is 14.0. The molecule has 1 aromatic carbocycles. The molecule has 2 saturated heterocycles. The molecule has 0 saturated carbocycles. The average molecular weight is 317 g/mol. The van der Waals surface area contributed by atoms with Crippen LogP contribution in [0.3, 0.4) is 0 Å². The number of rotatable bonds is 3. The summed E-state index contributed by atoms with van der Waals surface area (Å²) in [6.07, 6.45) is 1.50. The Morgan fingerprint density at radius 3 is 2.52 bits per heavy atom. The molecule has 0 unspecified atom stereocenters. The SMILES string of the molecule is Cc1cccc(N2CCN(C(=O)C3(CN)CCOCC3)CC2)c1. The van der Waals surface area contributed by atoms with Crippen LogP contribution in [0.2, 0.25) is 0 Å². The normalized spacial score (nSPS) is 21.3. The molecule has 0 atom stereocenters. The summed E-state index contributed by atoms with van der Waals surface area (Å²) in [5.41, 5.74) is 8.08. The van der Waals surface area contributed by atoms with E-state index in [9.17, 15) is 4.79 Å². The fourth-order valence-corrected chi connectivity index (χ4v) is 3.60. The number of carbonyl (C=O) groups excluding carboxylic acids is 1. The van der Waals surface area contributed by atoms with Gasteiger partial charge in [-0.3, -0.25) is 4.79 Å². The topological polar surface area (TPSA) is 58.8 Å². The van der Waals surface area contributed by atoms with Crippen LogP contribution in [0.4, 0.5) is 5.69 Å². The van der Waals surface area contributed by atoms with Gasteiger partial charge in [0, 0.05) is 51.6 Å². The van der Waals surface area contributed by atoms with Crippen LogP contribution in [0.5, 0.6) is 0 Å². The fraction of sp³-hybridized carbons (Fsp3) is 0.611. The number of aryl methyl sites for hydroxylation is 1. The van der Waals surface area contributed by atoms with Gasteiger partial charge in [0.2, 0.25) is 5.91 Å². The molecule has 126 valence electrons. The zero-order chi connectivity index (χ0) is 16.3. The van der Waals surface area contributed by atoms with Crippen molar-refractivity contribution in [3.05, 3.63) is 29.8 Å². The molecule has 1 aromatic rings. The molecule has 0 aliphatic carbocycles. The maximum absolute atomic E-state index is 13.0. The van der Waals surface area contributed by atoms with Crippen LogP contribution in [0.1, 0.15) is 18.4 Å². The molecule has 2 aliphatic heterocycles. The number of carbonyl (C=O) groups is 1. The summed E-state index contributed by atoms with van der Waals surface area (Å²) in [4.78, 5) is 17.3. The number of nitrogens with two attached hydrogens (primary N) is 1. The lowest BCUT2D eigenvalue weighted by Gasteiger charge is -2.42. The Balaban J connectivity index is 1.63. The number of nitrogens with zero attached hydrogens (tertiary/aromatic N) is 2. The lowest BCUT2D eigenvalue weighted by atomic mass is 9.78. The minimum Gasteiger partial charge on any atom is -0.381 e. The minimum absolute atomic E-state index is 0.229. The smallest absolute Gasteiger partial charge is 0.230 e. The Morgan fingerprint density at radius 2 is 1.91 bits per heavy atom. The van der Waals surface area contributed by atoms with Gasteiger partial charge in [-0.2, -0.15) is 0 Å². The zero-order valence-corrected chi connectivity index (χ0v) is 14.0. The van der Waals surface area contributed by atoms with Gasteiger partial charge in [-0.15, -0.1) is 0 Å². The van der Waals surface area contributed by atoms with E-state index in [1.807, 2.05) is 4.90 Å². The highest BCUT2D eigenvalue weighted by atomic mass is 16.5.